The van der Waals surface area contributed by atoms with Crippen LogP contribution < -0.4 is 10.6 Å². The van der Waals surface area contributed by atoms with Gasteiger partial charge < -0.3 is 20.2 Å². The van der Waals surface area contributed by atoms with E-state index < -0.39 is 6.04 Å². The molecule has 2 N–H and O–H groups in total. The first-order chi connectivity index (χ1) is 22.8. The van der Waals surface area contributed by atoms with Crippen LogP contribution in [0.2, 0.25) is 0 Å². The molecular formula is C41H62N2O4. The number of rotatable bonds is 17. The molecule has 0 aromatic heterocycles. The topological polar surface area (TPSA) is 84.5 Å². The van der Waals surface area contributed by atoms with Crippen molar-refractivity contribution in [3.05, 3.63) is 47.5 Å². The smallest absolute Gasteiger partial charge is 0.221 e. The highest BCUT2D eigenvalue weighted by atomic mass is 16.5. The molecule has 0 heterocycles. The second-order valence-corrected chi connectivity index (χ2v) is 15.9. The highest BCUT2D eigenvalue weighted by Gasteiger charge is 2.50. The number of amides is 2. The molecule has 3 fully saturated rings. The van der Waals surface area contributed by atoms with Gasteiger partial charge in [0.05, 0.1) is 12.1 Å². The van der Waals surface area contributed by atoms with Gasteiger partial charge in [0.25, 0.3) is 0 Å². The first kappa shape index (κ1) is 35.8. The number of benzene rings is 1. The molecule has 4 aliphatic carbocycles. The van der Waals surface area contributed by atoms with Crippen LogP contribution in [-0.4, -0.2) is 43.4 Å². The number of carbonyl (C=O) groups is 3. The molecule has 0 spiro atoms. The molecule has 4 aliphatic rings. The third kappa shape index (κ3) is 10.0. The van der Waals surface area contributed by atoms with Gasteiger partial charge in [-0.25, -0.2) is 0 Å². The average molecular weight is 647 g/mol. The lowest BCUT2D eigenvalue weighted by atomic mass is 9.56. The van der Waals surface area contributed by atoms with E-state index in [1.54, 1.807) is 5.57 Å². The van der Waals surface area contributed by atoms with Gasteiger partial charge >= 0.3 is 0 Å². The monoisotopic (exact) mass is 646 g/mol. The lowest BCUT2D eigenvalue weighted by molar-refractivity contribution is -0.127. The molecule has 0 aliphatic heterocycles. The number of nitrogens with one attached hydrogen (secondary N) is 2. The van der Waals surface area contributed by atoms with E-state index in [2.05, 4.69) is 37.5 Å². The van der Waals surface area contributed by atoms with E-state index in [1.165, 1.54) is 57.8 Å². The fourth-order valence-corrected chi connectivity index (χ4v) is 9.99. The minimum Gasteiger partial charge on any atom is -0.378 e. The molecule has 2 amide bonds. The highest BCUT2D eigenvalue weighted by molar-refractivity contribution is 5.85. The summed E-state index contributed by atoms with van der Waals surface area (Å²) >= 11 is 0. The van der Waals surface area contributed by atoms with Crippen LogP contribution in [0, 0.1) is 47.3 Å². The van der Waals surface area contributed by atoms with Crippen molar-refractivity contribution in [2.75, 3.05) is 13.2 Å². The molecule has 8 unspecified atom stereocenters. The fraction of sp³-hybridized carbons (Fsp3) is 0.732. The summed E-state index contributed by atoms with van der Waals surface area (Å²) in [5.41, 5.74) is 2.67. The molecule has 1 aromatic carbocycles. The van der Waals surface area contributed by atoms with Crippen LogP contribution in [0.25, 0.3) is 0 Å². The maximum absolute atomic E-state index is 12.3. The number of hydrogen-bond donors (Lipinski definition) is 2. The zero-order valence-electron chi connectivity index (χ0n) is 29.5. The number of hydrogen-bond acceptors (Lipinski definition) is 4. The first-order valence-electron chi connectivity index (χ1n) is 19.2. The summed E-state index contributed by atoms with van der Waals surface area (Å²) < 4.78 is 6.32. The maximum atomic E-state index is 12.3. The Bertz CT molecular complexity index is 1180. The molecule has 6 nitrogen and oxygen atoms in total. The maximum Gasteiger partial charge on any atom is 0.221 e. The van der Waals surface area contributed by atoms with Crippen LogP contribution in [-0.2, 0) is 25.5 Å². The largest absolute Gasteiger partial charge is 0.378 e. The van der Waals surface area contributed by atoms with Gasteiger partial charge in [-0.2, -0.15) is 0 Å². The second kappa shape index (κ2) is 17.8. The van der Waals surface area contributed by atoms with Crippen LogP contribution in [0.5, 0.6) is 0 Å². The van der Waals surface area contributed by atoms with E-state index in [9.17, 15) is 14.4 Å². The Balaban J connectivity index is 0.957. The van der Waals surface area contributed by atoms with Crippen LogP contribution in [0.1, 0.15) is 116 Å². The number of carbonyl (C=O) groups excluding carboxylic acids is 3. The van der Waals surface area contributed by atoms with Crippen molar-refractivity contribution in [1.29, 1.82) is 0 Å². The average Bonchev–Trinajstić information content (AvgIpc) is 3.52. The van der Waals surface area contributed by atoms with Gasteiger partial charge in [0.2, 0.25) is 11.8 Å². The summed E-state index contributed by atoms with van der Waals surface area (Å²) in [5.74, 6) is 6.84. The minimum atomic E-state index is -0.584. The minimum absolute atomic E-state index is 0.0706. The molecule has 0 saturated heterocycles. The Morgan fingerprint density at radius 1 is 0.872 bits per heavy atom. The van der Waals surface area contributed by atoms with Crippen LogP contribution in [0.15, 0.2) is 42.0 Å². The normalized spacial score (nSPS) is 29.5. The summed E-state index contributed by atoms with van der Waals surface area (Å²) in [4.78, 5) is 36.0. The lowest BCUT2D eigenvalue weighted by Gasteiger charge is -2.50. The zero-order chi connectivity index (χ0) is 33.2. The third-order valence-electron chi connectivity index (χ3n) is 12.3. The zero-order valence-corrected chi connectivity index (χ0v) is 29.5. The van der Waals surface area contributed by atoms with Crippen molar-refractivity contribution >= 4 is 18.1 Å². The number of ether oxygens (including phenoxy) is 1. The Labute approximate surface area is 284 Å². The van der Waals surface area contributed by atoms with Crippen molar-refractivity contribution < 1.29 is 19.1 Å². The summed E-state index contributed by atoms with van der Waals surface area (Å²) in [6.45, 7) is 8.48. The van der Waals surface area contributed by atoms with Gasteiger partial charge in [-0.3, -0.25) is 9.59 Å². The van der Waals surface area contributed by atoms with E-state index in [0.29, 0.717) is 25.7 Å². The molecule has 9 atom stereocenters. The summed E-state index contributed by atoms with van der Waals surface area (Å²) in [6, 6.07) is 9.01. The Kier molecular flexibility index (Phi) is 13.6. The Morgan fingerprint density at radius 2 is 1.64 bits per heavy atom. The van der Waals surface area contributed by atoms with Crippen LogP contribution in [0.3, 0.4) is 0 Å². The van der Waals surface area contributed by atoms with E-state index in [0.717, 1.165) is 78.5 Å². The van der Waals surface area contributed by atoms with Crippen molar-refractivity contribution in [3.63, 3.8) is 0 Å². The number of allylic oxidation sites excluding steroid dienone is 1. The summed E-state index contributed by atoms with van der Waals surface area (Å²) in [5, 5.41) is 5.65. The van der Waals surface area contributed by atoms with Crippen molar-refractivity contribution in [2.24, 2.45) is 47.3 Å². The van der Waals surface area contributed by atoms with Crippen LogP contribution in [0.4, 0.5) is 0 Å². The van der Waals surface area contributed by atoms with Crippen molar-refractivity contribution in [1.82, 2.24) is 10.6 Å². The number of aldehydes is 1. The van der Waals surface area contributed by atoms with Crippen molar-refractivity contribution in [2.45, 2.75) is 129 Å². The molecule has 1 aromatic rings. The molecule has 0 bridgehead atoms. The fourth-order valence-electron chi connectivity index (χ4n) is 9.99. The standard InChI is InChI=1S/C41H62N2O4/c1-28(2)9-7-10-29(3)34-17-18-39-36(34)19-20-37-35-16-14-33(26-31(35)13-15-38(37)39)47-24-8-23-42-40(45)21-22-41(46)43-32(27-44)25-30-11-5-4-6-12-30/h4-6,11-13,27-29,32-39H,7-10,14-26H2,1-3H3,(H,42,45)(H,43,46)/t29?,32?,33-,34?,35?,36?,37?,38?,39?/m0/s1. The SMILES string of the molecule is CC(C)CCCC(C)C1CCC2C1CCC1C3CC[C@H](OCCCNC(=O)CCC(=O)NC(C=O)Cc4ccccc4)CC3=CCC12. The highest BCUT2D eigenvalue weighted by Crippen LogP contribution is 2.59. The predicted molar refractivity (Wildman–Crippen MR) is 189 cm³/mol. The first-order valence-corrected chi connectivity index (χ1v) is 19.2. The van der Waals surface area contributed by atoms with Gasteiger partial charge in [0.15, 0.2) is 0 Å². The van der Waals surface area contributed by atoms with E-state index in [4.69, 9.17) is 4.74 Å². The van der Waals surface area contributed by atoms with Gasteiger partial charge in [0.1, 0.15) is 6.29 Å². The van der Waals surface area contributed by atoms with E-state index >= 15 is 0 Å². The molecular weight excluding hydrogens is 584 g/mol. The predicted octanol–water partition coefficient (Wildman–Crippen LogP) is 7.85. The summed E-state index contributed by atoms with van der Waals surface area (Å²) in [6.07, 6.45) is 20.0. The third-order valence-corrected chi connectivity index (χ3v) is 12.3. The summed E-state index contributed by atoms with van der Waals surface area (Å²) in [7, 11) is 0. The van der Waals surface area contributed by atoms with Gasteiger partial charge in [-0.05, 0) is 117 Å². The number of fused-ring (bicyclic) bond motifs is 5. The van der Waals surface area contributed by atoms with Crippen molar-refractivity contribution in [3.8, 4) is 0 Å². The van der Waals surface area contributed by atoms with Gasteiger partial charge in [0, 0.05) is 26.0 Å². The molecule has 6 heteroatoms. The molecule has 3 saturated carbocycles. The van der Waals surface area contributed by atoms with E-state index in [1.807, 2.05) is 30.3 Å². The van der Waals surface area contributed by atoms with Crippen LogP contribution >= 0.6 is 0 Å². The lowest BCUT2D eigenvalue weighted by Crippen LogP contribution is -2.42. The molecule has 47 heavy (non-hydrogen) atoms. The molecule has 0 radical (unpaired) electrons. The Morgan fingerprint density at radius 3 is 2.43 bits per heavy atom. The van der Waals surface area contributed by atoms with E-state index in [-0.39, 0.29) is 24.7 Å². The van der Waals surface area contributed by atoms with Gasteiger partial charge in [-0.15, -0.1) is 0 Å². The van der Waals surface area contributed by atoms with Gasteiger partial charge in [-0.1, -0.05) is 82.0 Å². The second-order valence-electron chi connectivity index (χ2n) is 15.9. The molecule has 5 rings (SSSR count). The molecule has 260 valence electrons. The quantitative estimate of drug-likeness (QED) is 0.103. The Hall–Kier alpha value is -2.47.